The molecule has 0 spiro atoms. The predicted octanol–water partition coefficient (Wildman–Crippen LogP) is 3.05. The number of carbonyl (C=O) groups excluding carboxylic acids is 3. The molecule has 0 heterocycles. The number of ether oxygens (including phenoxy) is 2. The summed E-state index contributed by atoms with van der Waals surface area (Å²) in [5, 5.41) is 24.1. The highest BCUT2D eigenvalue weighted by atomic mass is 16.6. The molecule has 4 aliphatic rings. The number of hydrogen-bond acceptors (Lipinski definition) is 7. The predicted molar refractivity (Wildman–Crippen MR) is 124 cm³/mol. The molecule has 0 amide bonds. The maximum Gasteiger partial charge on any atom is 0.333 e. The fourth-order valence-electron chi connectivity index (χ4n) is 7.15. The SMILES string of the molecule is C/C=C(/C)C(=O)O[C@@]12C[C@@H](C)[C@@]3(O)[C@@H](C=C(COC(C)=O)C[C@]4(O)C(=O)C(C)=C[C@@H]34)[C@@H]1C2(C)C. The molecular formula is C27H36O7. The van der Waals surface area contributed by atoms with Crippen LogP contribution in [0.4, 0.5) is 0 Å². The molecule has 0 radical (unpaired) electrons. The van der Waals surface area contributed by atoms with Crippen molar-refractivity contribution in [1.29, 1.82) is 0 Å². The smallest absolute Gasteiger partial charge is 0.333 e. The van der Waals surface area contributed by atoms with Gasteiger partial charge in [-0.1, -0.05) is 39.0 Å². The minimum atomic E-state index is -1.81. The van der Waals surface area contributed by atoms with Crippen LogP contribution in [-0.2, 0) is 23.9 Å². The van der Waals surface area contributed by atoms with Crippen LogP contribution in [0.1, 0.15) is 61.3 Å². The number of aliphatic hydroxyl groups is 2. The average Bonchev–Trinajstić information content (AvgIpc) is 3.16. The fraction of sp³-hybridized carbons (Fsp3) is 0.667. The molecule has 0 saturated heterocycles. The van der Waals surface area contributed by atoms with E-state index in [0.717, 1.165) is 0 Å². The third-order valence-corrected chi connectivity index (χ3v) is 9.16. The molecule has 2 N–H and O–H groups in total. The molecule has 4 rings (SSSR count). The first kappa shape index (κ1) is 24.9. The van der Waals surface area contributed by atoms with Crippen molar-refractivity contribution in [3.05, 3.63) is 34.9 Å². The largest absolute Gasteiger partial charge is 0.461 e. The van der Waals surface area contributed by atoms with E-state index in [4.69, 9.17) is 9.47 Å². The van der Waals surface area contributed by atoms with Crippen LogP contribution >= 0.6 is 0 Å². The molecule has 0 bridgehead atoms. The van der Waals surface area contributed by atoms with Crippen molar-refractivity contribution < 1.29 is 34.1 Å². The maximum atomic E-state index is 13.1. The first-order chi connectivity index (χ1) is 15.7. The fourth-order valence-corrected chi connectivity index (χ4v) is 7.15. The monoisotopic (exact) mass is 472 g/mol. The Bertz CT molecular complexity index is 1050. The summed E-state index contributed by atoms with van der Waals surface area (Å²) < 4.78 is 11.4. The average molecular weight is 473 g/mol. The first-order valence-corrected chi connectivity index (χ1v) is 12.0. The third-order valence-electron chi connectivity index (χ3n) is 9.16. The van der Waals surface area contributed by atoms with Crippen molar-refractivity contribution in [2.45, 2.75) is 78.1 Å². The van der Waals surface area contributed by atoms with Gasteiger partial charge in [-0.15, -0.1) is 0 Å². The van der Waals surface area contributed by atoms with Crippen LogP contribution in [0.15, 0.2) is 34.9 Å². The van der Waals surface area contributed by atoms with Gasteiger partial charge in [0.15, 0.2) is 5.78 Å². The Kier molecular flexibility index (Phi) is 5.57. The second-order valence-electron chi connectivity index (χ2n) is 11.3. The van der Waals surface area contributed by atoms with Gasteiger partial charge in [-0.3, -0.25) is 9.59 Å². The van der Waals surface area contributed by atoms with Gasteiger partial charge in [0.05, 0.1) is 5.60 Å². The quantitative estimate of drug-likeness (QED) is 0.368. The highest BCUT2D eigenvalue weighted by Gasteiger charge is 2.83. The first-order valence-electron chi connectivity index (χ1n) is 12.0. The Labute approximate surface area is 200 Å². The Hall–Kier alpha value is -2.25. The molecule has 0 aliphatic heterocycles. The third kappa shape index (κ3) is 3.12. The summed E-state index contributed by atoms with van der Waals surface area (Å²) in [5.74, 6) is -3.19. The molecule has 7 nitrogen and oxygen atoms in total. The van der Waals surface area contributed by atoms with Crippen molar-refractivity contribution in [2.75, 3.05) is 6.61 Å². The lowest BCUT2D eigenvalue weighted by Crippen LogP contribution is -2.61. The van der Waals surface area contributed by atoms with Gasteiger partial charge in [-0.2, -0.15) is 0 Å². The number of hydrogen-bond donors (Lipinski definition) is 2. The van der Waals surface area contributed by atoms with Crippen LogP contribution in [0.2, 0.25) is 0 Å². The van der Waals surface area contributed by atoms with E-state index in [1.165, 1.54) is 6.92 Å². The molecule has 186 valence electrons. The second kappa shape index (κ2) is 7.62. The lowest BCUT2D eigenvalue weighted by molar-refractivity contribution is -0.185. The lowest BCUT2D eigenvalue weighted by atomic mass is 9.60. The number of fused-ring (bicyclic) bond motifs is 5. The summed E-state index contributed by atoms with van der Waals surface area (Å²) in [6.07, 6.45) is 5.68. The standard InChI is InChI=1S/C27H36O7/c1-8-14(2)23(30)34-26-11-16(4)27(32)19(21(26)24(26,6)7)10-18(13-33-17(5)28)12-25(31)20(27)9-15(3)22(25)29/h8-10,16,19-21,31-32H,11-13H2,1-7H3/b14-8-/t16-,19+,20-,21-,25-,26+,27-/m1/s1. The van der Waals surface area contributed by atoms with E-state index < -0.39 is 45.8 Å². The zero-order valence-electron chi connectivity index (χ0n) is 21.1. The number of ketones is 1. The van der Waals surface area contributed by atoms with Crippen molar-refractivity contribution >= 4 is 17.7 Å². The van der Waals surface area contributed by atoms with Crippen LogP contribution in [0.5, 0.6) is 0 Å². The Balaban J connectivity index is 1.84. The van der Waals surface area contributed by atoms with E-state index in [9.17, 15) is 24.6 Å². The molecule has 7 atom stereocenters. The van der Waals surface area contributed by atoms with Crippen LogP contribution in [0.3, 0.4) is 0 Å². The minimum Gasteiger partial charge on any atom is -0.461 e. The Morgan fingerprint density at radius 1 is 1.21 bits per heavy atom. The van der Waals surface area contributed by atoms with Crippen LogP contribution in [-0.4, -0.2) is 51.3 Å². The van der Waals surface area contributed by atoms with Gasteiger partial charge in [-0.25, -0.2) is 4.79 Å². The van der Waals surface area contributed by atoms with E-state index in [0.29, 0.717) is 23.1 Å². The summed E-state index contributed by atoms with van der Waals surface area (Å²) in [7, 11) is 0. The molecule has 0 aromatic heterocycles. The molecule has 7 heteroatoms. The number of carbonyl (C=O) groups is 3. The van der Waals surface area contributed by atoms with E-state index >= 15 is 0 Å². The van der Waals surface area contributed by atoms with Gasteiger partial charge in [0, 0.05) is 42.1 Å². The highest BCUT2D eigenvalue weighted by Crippen LogP contribution is 2.76. The number of esters is 2. The minimum absolute atomic E-state index is 0.0270. The molecule has 0 aromatic rings. The van der Waals surface area contributed by atoms with Crippen molar-refractivity contribution in [3.8, 4) is 0 Å². The van der Waals surface area contributed by atoms with E-state index in [1.807, 2.05) is 26.8 Å². The van der Waals surface area contributed by atoms with Crippen molar-refractivity contribution in [3.63, 3.8) is 0 Å². The Morgan fingerprint density at radius 2 is 1.85 bits per heavy atom. The molecule has 34 heavy (non-hydrogen) atoms. The molecule has 4 aliphatic carbocycles. The van der Waals surface area contributed by atoms with Gasteiger partial charge in [0.1, 0.15) is 17.8 Å². The van der Waals surface area contributed by atoms with E-state index in [-0.39, 0.29) is 30.8 Å². The van der Waals surface area contributed by atoms with Crippen LogP contribution in [0.25, 0.3) is 0 Å². The summed E-state index contributed by atoms with van der Waals surface area (Å²) in [4.78, 5) is 37.5. The number of allylic oxidation sites excluding steroid dienone is 1. The molecule has 0 unspecified atom stereocenters. The van der Waals surface area contributed by atoms with Gasteiger partial charge in [-0.05, 0) is 44.3 Å². The second-order valence-corrected chi connectivity index (χ2v) is 11.3. The van der Waals surface area contributed by atoms with Crippen molar-refractivity contribution in [2.24, 2.45) is 29.1 Å². The number of rotatable bonds is 4. The molecule has 2 saturated carbocycles. The lowest BCUT2D eigenvalue weighted by Gasteiger charge is -2.50. The van der Waals surface area contributed by atoms with Crippen LogP contribution in [0, 0.1) is 29.1 Å². The maximum absolute atomic E-state index is 13.1. The topological polar surface area (TPSA) is 110 Å². The van der Waals surface area contributed by atoms with Gasteiger partial charge >= 0.3 is 11.9 Å². The summed E-state index contributed by atoms with van der Waals surface area (Å²) in [6, 6.07) is 0. The normalized spacial score (nSPS) is 42.4. The van der Waals surface area contributed by atoms with Gasteiger partial charge < -0.3 is 19.7 Å². The van der Waals surface area contributed by atoms with E-state index in [1.54, 1.807) is 32.9 Å². The van der Waals surface area contributed by atoms with Crippen molar-refractivity contribution in [1.82, 2.24) is 0 Å². The van der Waals surface area contributed by atoms with Gasteiger partial charge in [0.2, 0.25) is 0 Å². The molecule has 0 aromatic carbocycles. The zero-order chi connectivity index (χ0) is 25.4. The molecule has 2 fully saturated rings. The Morgan fingerprint density at radius 3 is 2.44 bits per heavy atom. The van der Waals surface area contributed by atoms with E-state index in [2.05, 4.69) is 0 Å². The summed E-state index contributed by atoms with van der Waals surface area (Å²) in [6.45, 7) is 12.3. The highest BCUT2D eigenvalue weighted by molar-refractivity contribution is 6.04. The zero-order valence-corrected chi connectivity index (χ0v) is 21.1. The van der Waals surface area contributed by atoms with Gasteiger partial charge in [0.25, 0.3) is 0 Å². The summed E-state index contributed by atoms with van der Waals surface area (Å²) >= 11 is 0. The molecular weight excluding hydrogens is 436 g/mol. The van der Waals surface area contributed by atoms with Crippen LogP contribution < -0.4 is 0 Å². The number of Topliss-reactive ketones (excluding diaryl/α,β-unsaturated/α-hetero) is 1. The summed E-state index contributed by atoms with van der Waals surface area (Å²) in [5.41, 5.74) is -2.95.